The number of aryl methyl sites for hydroxylation is 1. The van der Waals surface area contributed by atoms with Crippen LogP contribution in [0.15, 0.2) is 11.6 Å². The van der Waals surface area contributed by atoms with Gasteiger partial charge in [0.25, 0.3) is 0 Å². The Morgan fingerprint density at radius 1 is 1.50 bits per heavy atom. The highest BCUT2D eigenvalue weighted by atomic mass is 32.1. The molecule has 0 saturated heterocycles. The largest absolute Gasteiger partial charge is 0.462 e. The summed E-state index contributed by atoms with van der Waals surface area (Å²) >= 11 is 1.12. The third kappa shape index (κ3) is 3.16. The van der Waals surface area contributed by atoms with Gasteiger partial charge in [-0.05, 0) is 18.5 Å². The molecular formula is C11H10F3N3O2S. The lowest BCUT2D eigenvalue weighted by molar-refractivity contribution is -0.141. The van der Waals surface area contributed by atoms with E-state index in [1.807, 2.05) is 5.10 Å². The number of alkyl halides is 3. The summed E-state index contributed by atoms with van der Waals surface area (Å²) < 4.78 is 46.5. The van der Waals surface area contributed by atoms with Crippen LogP contribution in [-0.2, 0) is 17.3 Å². The molecule has 0 aliphatic carbocycles. The number of nitrogens with zero attached hydrogens (tertiary/aromatic N) is 2. The van der Waals surface area contributed by atoms with Crippen LogP contribution in [0.25, 0.3) is 0 Å². The number of aromatic nitrogens is 3. The monoisotopic (exact) mass is 305 g/mol. The first-order valence-corrected chi connectivity index (χ1v) is 6.41. The molecular weight excluding hydrogens is 295 g/mol. The number of halogens is 3. The van der Waals surface area contributed by atoms with Gasteiger partial charge in [0.2, 0.25) is 0 Å². The molecule has 108 valence electrons. The van der Waals surface area contributed by atoms with Crippen molar-refractivity contribution >= 4 is 17.5 Å². The zero-order valence-corrected chi connectivity index (χ0v) is 11.1. The summed E-state index contributed by atoms with van der Waals surface area (Å²) in [5.74, 6) is -0.590. The third-order valence-corrected chi connectivity index (χ3v) is 3.30. The van der Waals surface area contributed by atoms with E-state index >= 15 is 0 Å². The maximum absolute atomic E-state index is 12.6. The van der Waals surface area contributed by atoms with Gasteiger partial charge < -0.3 is 4.74 Å². The Bertz CT molecular complexity index is 606. The van der Waals surface area contributed by atoms with Crippen LogP contribution in [-0.4, -0.2) is 27.1 Å². The molecule has 0 radical (unpaired) electrons. The zero-order valence-electron chi connectivity index (χ0n) is 10.3. The van der Waals surface area contributed by atoms with Crippen LogP contribution in [0.1, 0.15) is 27.3 Å². The lowest BCUT2D eigenvalue weighted by atomic mass is 10.2. The molecule has 0 saturated carbocycles. The first kappa shape index (κ1) is 14.5. The van der Waals surface area contributed by atoms with Crippen molar-refractivity contribution in [2.75, 3.05) is 6.61 Å². The van der Waals surface area contributed by atoms with Gasteiger partial charge in [-0.15, -0.1) is 0 Å². The summed E-state index contributed by atoms with van der Waals surface area (Å²) in [6.07, 6.45) is -3.48. The summed E-state index contributed by atoms with van der Waals surface area (Å²) in [6.45, 7) is 1.50. The van der Waals surface area contributed by atoms with Crippen LogP contribution in [0.2, 0.25) is 0 Å². The molecule has 2 heterocycles. The Labute approximate surface area is 115 Å². The van der Waals surface area contributed by atoms with Gasteiger partial charge in [0.1, 0.15) is 5.69 Å². The van der Waals surface area contributed by atoms with Crippen LogP contribution < -0.4 is 0 Å². The van der Waals surface area contributed by atoms with E-state index in [1.165, 1.54) is 5.38 Å². The molecule has 20 heavy (non-hydrogen) atoms. The number of carbonyl (C=O) groups is 1. The standard InChI is InChI=1S/C11H10F3N3O2S/c1-6-8(5-20-17-6)10(18)19-3-2-7-4-15-16-9(7)11(12,13)14/h4-5H,2-3H2,1H3,(H,15,16). The minimum absolute atomic E-state index is 0.0366. The quantitative estimate of drug-likeness (QED) is 0.882. The van der Waals surface area contributed by atoms with Crippen molar-refractivity contribution in [1.82, 2.24) is 14.6 Å². The van der Waals surface area contributed by atoms with Gasteiger partial charge in [-0.1, -0.05) is 0 Å². The van der Waals surface area contributed by atoms with Crippen molar-refractivity contribution in [3.8, 4) is 0 Å². The number of nitrogens with one attached hydrogen (secondary N) is 1. The topological polar surface area (TPSA) is 67.9 Å². The van der Waals surface area contributed by atoms with E-state index in [1.54, 1.807) is 6.92 Å². The Balaban J connectivity index is 1.93. The summed E-state index contributed by atoms with van der Waals surface area (Å²) in [5, 5.41) is 6.79. The number of carbonyl (C=O) groups excluding carboxylic acids is 1. The van der Waals surface area contributed by atoms with E-state index in [4.69, 9.17) is 4.74 Å². The molecule has 2 aromatic rings. The van der Waals surface area contributed by atoms with Crippen molar-refractivity contribution < 1.29 is 22.7 Å². The molecule has 2 rings (SSSR count). The molecule has 0 fully saturated rings. The Hall–Kier alpha value is -1.90. The van der Waals surface area contributed by atoms with Gasteiger partial charge in [0, 0.05) is 17.4 Å². The number of esters is 1. The molecule has 0 amide bonds. The average molecular weight is 305 g/mol. The van der Waals surface area contributed by atoms with E-state index in [0.717, 1.165) is 17.7 Å². The highest BCUT2D eigenvalue weighted by Crippen LogP contribution is 2.30. The highest BCUT2D eigenvalue weighted by molar-refractivity contribution is 7.03. The number of hydrogen-bond donors (Lipinski definition) is 1. The Kier molecular flexibility index (Phi) is 4.07. The van der Waals surface area contributed by atoms with Crippen molar-refractivity contribution in [3.05, 3.63) is 34.1 Å². The van der Waals surface area contributed by atoms with E-state index in [-0.39, 0.29) is 18.6 Å². The predicted octanol–water partition coefficient (Wildman–Crippen LogP) is 2.59. The average Bonchev–Trinajstić information content (AvgIpc) is 2.96. The van der Waals surface area contributed by atoms with E-state index in [9.17, 15) is 18.0 Å². The maximum atomic E-state index is 12.6. The number of hydrogen-bond acceptors (Lipinski definition) is 5. The van der Waals surface area contributed by atoms with Gasteiger partial charge in [-0.25, -0.2) is 4.79 Å². The minimum Gasteiger partial charge on any atom is -0.462 e. The molecule has 0 unspecified atom stereocenters. The lowest BCUT2D eigenvalue weighted by Gasteiger charge is -2.07. The number of rotatable bonds is 4. The third-order valence-electron chi connectivity index (χ3n) is 2.58. The van der Waals surface area contributed by atoms with Crippen LogP contribution in [0.3, 0.4) is 0 Å². The normalized spacial score (nSPS) is 11.6. The van der Waals surface area contributed by atoms with Gasteiger partial charge >= 0.3 is 12.1 Å². The van der Waals surface area contributed by atoms with E-state index < -0.39 is 17.8 Å². The molecule has 0 spiro atoms. The SMILES string of the molecule is Cc1nscc1C(=O)OCCc1cn[nH]c1C(F)(F)F. The molecule has 5 nitrogen and oxygen atoms in total. The second-order valence-corrected chi connectivity index (χ2v) is 4.60. The molecule has 2 aromatic heterocycles. The van der Waals surface area contributed by atoms with Crippen molar-refractivity contribution in [1.29, 1.82) is 0 Å². The predicted molar refractivity (Wildman–Crippen MR) is 64.4 cm³/mol. The van der Waals surface area contributed by atoms with E-state index in [0.29, 0.717) is 11.3 Å². The first-order valence-electron chi connectivity index (χ1n) is 5.57. The number of aromatic amines is 1. The van der Waals surface area contributed by atoms with Crippen molar-refractivity contribution in [2.45, 2.75) is 19.5 Å². The highest BCUT2D eigenvalue weighted by Gasteiger charge is 2.35. The molecule has 0 bridgehead atoms. The molecule has 1 N–H and O–H groups in total. The van der Waals surface area contributed by atoms with Gasteiger partial charge in [0.15, 0.2) is 0 Å². The number of H-pyrrole nitrogens is 1. The number of ether oxygens (including phenoxy) is 1. The molecule has 0 aliphatic heterocycles. The van der Waals surface area contributed by atoms with Gasteiger partial charge in [-0.2, -0.15) is 22.6 Å². The molecule has 9 heteroatoms. The molecule has 0 atom stereocenters. The van der Waals surface area contributed by atoms with Crippen LogP contribution in [0.5, 0.6) is 0 Å². The zero-order chi connectivity index (χ0) is 14.8. The second kappa shape index (κ2) is 5.61. The Morgan fingerprint density at radius 3 is 2.85 bits per heavy atom. The lowest BCUT2D eigenvalue weighted by Crippen LogP contribution is -2.12. The summed E-state index contributed by atoms with van der Waals surface area (Å²) in [4.78, 5) is 11.6. The van der Waals surface area contributed by atoms with Crippen LogP contribution in [0.4, 0.5) is 13.2 Å². The summed E-state index contributed by atoms with van der Waals surface area (Å²) in [7, 11) is 0. The van der Waals surface area contributed by atoms with Crippen LogP contribution in [0, 0.1) is 6.92 Å². The van der Waals surface area contributed by atoms with Crippen LogP contribution >= 0.6 is 11.5 Å². The fraction of sp³-hybridized carbons (Fsp3) is 0.364. The molecule has 0 aliphatic rings. The fourth-order valence-corrected chi connectivity index (χ4v) is 2.25. The second-order valence-electron chi connectivity index (χ2n) is 3.97. The van der Waals surface area contributed by atoms with Crippen molar-refractivity contribution in [3.63, 3.8) is 0 Å². The fourth-order valence-electron chi connectivity index (χ4n) is 1.57. The van der Waals surface area contributed by atoms with Gasteiger partial charge in [-0.3, -0.25) is 5.10 Å². The van der Waals surface area contributed by atoms with Crippen molar-refractivity contribution in [2.24, 2.45) is 0 Å². The maximum Gasteiger partial charge on any atom is 0.433 e. The summed E-state index contributed by atoms with van der Waals surface area (Å²) in [6, 6.07) is 0. The van der Waals surface area contributed by atoms with Gasteiger partial charge in [0.05, 0.1) is 24.1 Å². The Morgan fingerprint density at radius 2 is 2.25 bits per heavy atom. The van der Waals surface area contributed by atoms with E-state index in [2.05, 4.69) is 9.47 Å². The smallest absolute Gasteiger partial charge is 0.433 e. The molecule has 0 aromatic carbocycles. The summed E-state index contributed by atoms with van der Waals surface area (Å²) in [5.41, 5.74) is -0.0788. The minimum atomic E-state index is -4.50. The first-order chi connectivity index (χ1) is 9.39.